The van der Waals surface area contributed by atoms with Crippen molar-refractivity contribution in [3.05, 3.63) is 42.1 Å². The third-order valence-corrected chi connectivity index (χ3v) is 6.06. The molecule has 0 fully saturated rings. The molecule has 6 nitrogen and oxygen atoms in total. The molecule has 0 spiro atoms. The van der Waals surface area contributed by atoms with E-state index < -0.39 is 9.84 Å². The number of fused-ring (bicyclic) bond motifs is 1. The zero-order valence-corrected chi connectivity index (χ0v) is 15.7. The average molecular weight is 375 g/mol. The summed E-state index contributed by atoms with van der Waals surface area (Å²) in [5.74, 6) is -0.0869. The van der Waals surface area contributed by atoms with Crippen LogP contribution in [0.3, 0.4) is 0 Å². The van der Waals surface area contributed by atoms with Gasteiger partial charge in [-0.3, -0.25) is 4.98 Å². The Hall–Kier alpha value is -2.01. The van der Waals surface area contributed by atoms with E-state index >= 15 is 0 Å². The van der Waals surface area contributed by atoms with Crippen molar-refractivity contribution in [1.29, 1.82) is 5.26 Å². The van der Waals surface area contributed by atoms with E-state index in [1.807, 2.05) is 43.3 Å². The van der Waals surface area contributed by atoms with Gasteiger partial charge in [0.05, 0.1) is 29.6 Å². The lowest BCUT2D eigenvalue weighted by Crippen LogP contribution is -2.41. The highest BCUT2D eigenvalue weighted by atomic mass is 32.2. The molecule has 0 aliphatic rings. The van der Waals surface area contributed by atoms with E-state index in [0.29, 0.717) is 18.4 Å². The lowest BCUT2D eigenvalue weighted by Gasteiger charge is -2.24. The monoisotopic (exact) mass is 375 g/mol. The van der Waals surface area contributed by atoms with E-state index in [1.165, 1.54) is 0 Å². The maximum Gasteiger partial charge on any atom is 0.156 e. The van der Waals surface area contributed by atoms with E-state index in [9.17, 15) is 8.42 Å². The van der Waals surface area contributed by atoms with E-state index in [2.05, 4.69) is 10.3 Å². The lowest BCUT2D eigenvalue weighted by atomic mass is 9.98. The van der Waals surface area contributed by atoms with Crippen molar-refractivity contribution in [2.45, 2.75) is 31.6 Å². The van der Waals surface area contributed by atoms with Gasteiger partial charge in [0.15, 0.2) is 9.84 Å². The molecular weight excluding hydrogens is 350 g/mol. The Morgan fingerprint density at radius 3 is 2.85 bits per heavy atom. The first-order valence-corrected chi connectivity index (χ1v) is 10.5. The molecule has 26 heavy (non-hydrogen) atoms. The third-order valence-electron chi connectivity index (χ3n) is 4.41. The van der Waals surface area contributed by atoms with Gasteiger partial charge in [-0.25, -0.2) is 8.42 Å². The predicted octanol–water partition coefficient (Wildman–Crippen LogP) is 2.04. The van der Waals surface area contributed by atoms with Crippen molar-refractivity contribution in [1.82, 2.24) is 10.3 Å². The summed E-state index contributed by atoms with van der Waals surface area (Å²) < 4.78 is 25.4. The van der Waals surface area contributed by atoms with Crippen LogP contribution in [-0.4, -0.2) is 43.5 Å². The number of nitrogens with one attached hydrogen (secondary N) is 1. The number of nitriles is 1. The molecule has 140 valence electrons. The van der Waals surface area contributed by atoms with Crippen molar-refractivity contribution >= 4 is 20.7 Å². The molecular formula is C19H25N3O3S. The number of hydrogen-bond acceptors (Lipinski definition) is 6. The van der Waals surface area contributed by atoms with Crippen LogP contribution in [0.5, 0.6) is 0 Å². The molecule has 1 aromatic heterocycles. The van der Waals surface area contributed by atoms with Crippen LogP contribution in [0.1, 0.15) is 25.3 Å². The largest absolute Gasteiger partial charge is 0.396 e. The van der Waals surface area contributed by atoms with Gasteiger partial charge in [-0.1, -0.05) is 25.1 Å². The molecule has 1 aromatic carbocycles. The molecule has 2 aromatic rings. The summed E-state index contributed by atoms with van der Waals surface area (Å²) in [6.07, 6.45) is 2.92. The topological polar surface area (TPSA) is 103 Å². The summed E-state index contributed by atoms with van der Waals surface area (Å²) in [5, 5.41) is 21.7. The van der Waals surface area contributed by atoms with Gasteiger partial charge in [-0.2, -0.15) is 5.26 Å². The van der Waals surface area contributed by atoms with Crippen LogP contribution in [0.25, 0.3) is 10.9 Å². The Kier molecular flexibility index (Phi) is 7.51. The second-order valence-corrected chi connectivity index (χ2v) is 8.69. The number of aliphatic hydroxyl groups excluding tert-OH is 1. The highest BCUT2D eigenvalue weighted by Crippen LogP contribution is 2.18. The smallest absolute Gasteiger partial charge is 0.156 e. The highest BCUT2D eigenvalue weighted by Gasteiger charge is 2.24. The number of hydrogen-bond donors (Lipinski definition) is 2. The molecule has 1 heterocycles. The van der Waals surface area contributed by atoms with E-state index in [-0.39, 0.29) is 36.6 Å². The minimum Gasteiger partial charge on any atom is -0.396 e. The van der Waals surface area contributed by atoms with E-state index in [4.69, 9.17) is 10.4 Å². The number of benzene rings is 1. The molecule has 2 atom stereocenters. The summed E-state index contributed by atoms with van der Waals surface area (Å²) in [7, 11) is -3.38. The van der Waals surface area contributed by atoms with Crippen LogP contribution < -0.4 is 5.32 Å². The Balaban J connectivity index is 2.11. The number of sulfone groups is 1. The minimum atomic E-state index is -3.38. The van der Waals surface area contributed by atoms with Gasteiger partial charge in [-0.15, -0.1) is 0 Å². The van der Waals surface area contributed by atoms with Crippen LogP contribution in [0.4, 0.5) is 0 Å². The van der Waals surface area contributed by atoms with Crippen molar-refractivity contribution < 1.29 is 13.5 Å². The van der Waals surface area contributed by atoms with Gasteiger partial charge in [0.25, 0.3) is 0 Å². The summed E-state index contributed by atoms with van der Waals surface area (Å²) in [4.78, 5) is 4.32. The van der Waals surface area contributed by atoms with Gasteiger partial charge < -0.3 is 10.4 Å². The van der Waals surface area contributed by atoms with Gasteiger partial charge in [0, 0.05) is 24.2 Å². The second-order valence-electron chi connectivity index (χ2n) is 6.58. The molecule has 2 rings (SSSR count). The maximum absolute atomic E-state index is 12.7. The first-order chi connectivity index (χ1) is 12.4. The first-order valence-electron chi connectivity index (χ1n) is 8.70. The van der Waals surface area contributed by atoms with Crippen LogP contribution in [0, 0.1) is 17.2 Å². The fourth-order valence-corrected chi connectivity index (χ4v) is 4.77. The van der Waals surface area contributed by atoms with E-state index in [0.717, 1.165) is 10.9 Å². The SMILES string of the molecule is CC(CCCO)[C@@H](CS(=O)(=O)Cc1cnc2ccccc2c1)NCC#N. The fourth-order valence-electron chi connectivity index (χ4n) is 3.00. The van der Waals surface area contributed by atoms with Gasteiger partial charge >= 0.3 is 0 Å². The van der Waals surface area contributed by atoms with Gasteiger partial charge in [0.1, 0.15) is 0 Å². The zero-order valence-electron chi connectivity index (χ0n) is 14.9. The number of aromatic nitrogens is 1. The molecule has 1 unspecified atom stereocenters. The molecule has 7 heteroatoms. The number of aliphatic hydroxyl groups is 1. The van der Waals surface area contributed by atoms with Gasteiger partial charge in [-0.05, 0) is 36.5 Å². The molecule has 0 amide bonds. The summed E-state index contributed by atoms with van der Waals surface area (Å²) in [5.41, 5.74) is 1.49. The standard InChI is InChI=1S/C19H25N3O3S/c1-15(5-4-10-23)19(21-9-8-20)14-26(24,25)13-16-11-17-6-2-3-7-18(17)22-12-16/h2-3,6-7,11-12,15,19,21,23H,4-5,9-10,13-14H2,1H3/t15?,19-/m1/s1. The summed E-state index contributed by atoms with van der Waals surface area (Å²) in [6, 6.07) is 11.1. The Bertz CT molecular complexity index is 862. The van der Waals surface area contributed by atoms with Gasteiger partial charge in [0.2, 0.25) is 0 Å². The number of pyridine rings is 1. The number of nitrogens with zero attached hydrogens (tertiary/aromatic N) is 2. The summed E-state index contributed by atoms with van der Waals surface area (Å²) in [6.45, 7) is 2.11. The van der Waals surface area contributed by atoms with Crippen molar-refractivity contribution in [3.63, 3.8) is 0 Å². The molecule has 0 radical (unpaired) electrons. The normalized spacial score (nSPS) is 14.0. The molecule has 2 N–H and O–H groups in total. The molecule has 0 saturated heterocycles. The third kappa shape index (κ3) is 6.06. The van der Waals surface area contributed by atoms with Crippen molar-refractivity contribution in [2.75, 3.05) is 18.9 Å². The van der Waals surface area contributed by atoms with Crippen molar-refractivity contribution in [3.8, 4) is 6.07 Å². The number of rotatable bonds is 10. The first kappa shape index (κ1) is 20.3. The van der Waals surface area contributed by atoms with Crippen LogP contribution in [0.15, 0.2) is 36.5 Å². The predicted molar refractivity (Wildman–Crippen MR) is 102 cm³/mol. The van der Waals surface area contributed by atoms with Crippen LogP contribution >= 0.6 is 0 Å². The summed E-state index contributed by atoms with van der Waals surface area (Å²) >= 11 is 0. The lowest BCUT2D eigenvalue weighted by molar-refractivity contribution is 0.264. The Morgan fingerprint density at radius 1 is 1.35 bits per heavy atom. The zero-order chi connectivity index (χ0) is 19.0. The fraction of sp³-hybridized carbons (Fsp3) is 0.474. The molecule has 0 aliphatic carbocycles. The Morgan fingerprint density at radius 2 is 2.12 bits per heavy atom. The highest BCUT2D eigenvalue weighted by molar-refractivity contribution is 7.90. The van der Waals surface area contributed by atoms with Crippen molar-refractivity contribution in [2.24, 2.45) is 5.92 Å². The van der Waals surface area contributed by atoms with Crippen LogP contribution in [0.2, 0.25) is 0 Å². The number of para-hydroxylation sites is 1. The average Bonchev–Trinajstić information content (AvgIpc) is 2.62. The molecule has 0 aliphatic heterocycles. The minimum absolute atomic E-state index is 0.0417. The quantitative estimate of drug-likeness (QED) is 0.616. The molecule has 0 saturated carbocycles. The van der Waals surface area contributed by atoms with E-state index in [1.54, 1.807) is 6.20 Å². The maximum atomic E-state index is 12.7. The van der Waals surface area contributed by atoms with Crippen LogP contribution in [-0.2, 0) is 15.6 Å². The second kappa shape index (κ2) is 9.62. The molecule has 0 bridgehead atoms. The Labute approximate surface area is 154 Å².